The number of hydrogen-bond donors (Lipinski definition) is 0. The van der Waals surface area contributed by atoms with Gasteiger partial charge in [0.25, 0.3) is 0 Å². The van der Waals surface area contributed by atoms with E-state index >= 15 is 0 Å². The molecule has 0 fully saturated rings. The summed E-state index contributed by atoms with van der Waals surface area (Å²) in [5.74, 6) is 0. The molecule has 0 bridgehead atoms. The van der Waals surface area contributed by atoms with Gasteiger partial charge in [-0.2, -0.15) is 0 Å². The highest BCUT2D eigenvalue weighted by molar-refractivity contribution is 7.13. The van der Waals surface area contributed by atoms with Gasteiger partial charge in [-0.15, -0.1) is 11.3 Å². The quantitative estimate of drug-likeness (QED) is 0.630. The van der Waals surface area contributed by atoms with Crippen molar-refractivity contribution in [3.63, 3.8) is 0 Å². The monoisotopic (exact) mass is 166 g/mol. The minimum atomic E-state index is 1.14. The fourth-order valence-electron chi connectivity index (χ4n) is 1.21. The van der Waals surface area contributed by atoms with Crippen LogP contribution in [-0.4, -0.2) is 0 Å². The molecule has 0 nitrogen and oxygen atoms in total. The van der Waals surface area contributed by atoms with Crippen LogP contribution < -0.4 is 0 Å². The Morgan fingerprint density at radius 2 is 2.00 bits per heavy atom. The van der Waals surface area contributed by atoms with Gasteiger partial charge in [0.2, 0.25) is 0 Å². The first-order valence-electron chi connectivity index (χ1n) is 3.92. The Hall–Kier alpha value is -0.560. The lowest BCUT2D eigenvalue weighted by Gasteiger charge is -1.92. The van der Waals surface area contributed by atoms with Crippen molar-refractivity contribution in [1.82, 2.24) is 0 Å². The second-order valence-corrected chi connectivity index (χ2v) is 3.83. The van der Waals surface area contributed by atoms with E-state index < -0.39 is 0 Å². The van der Waals surface area contributed by atoms with Crippen molar-refractivity contribution < 1.29 is 0 Å². The smallest absolute Gasteiger partial charge is 0.0299 e. The molecule has 0 radical (unpaired) electrons. The van der Waals surface area contributed by atoms with Gasteiger partial charge in [-0.1, -0.05) is 19.6 Å². The lowest BCUT2D eigenvalue weighted by molar-refractivity contribution is 1.15. The molecule has 0 amide bonds. The molecular formula is C10H14S. The van der Waals surface area contributed by atoms with Gasteiger partial charge in [-0.05, 0) is 31.4 Å². The van der Waals surface area contributed by atoms with Crippen LogP contribution in [0.5, 0.6) is 0 Å². The number of aryl methyl sites for hydroxylation is 1. The molecule has 1 rings (SSSR count). The summed E-state index contributed by atoms with van der Waals surface area (Å²) in [4.78, 5) is 2.83. The van der Waals surface area contributed by atoms with E-state index in [9.17, 15) is 0 Å². The molecule has 0 saturated carbocycles. The van der Waals surface area contributed by atoms with Crippen LogP contribution in [0.25, 0.3) is 6.08 Å². The van der Waals surface area contributed by atoms with Crippen LogP contribution in [0.3, 0.4) is 0 Å². The molecule has 11 heavy (non-hydrogen) atoms. The maximum absolute atomic E-state index is 3.79. The van der Waals surface area contributed by atoms with Gasteiger partial charge in [0.15, 0.2) is 0 Å². The van der Waals surface area contributed by atoms with Gasteiger partial charge in [0, 0.05) is 9.75 Å². The summed E-state index contributed by atoms with van der Waals surface area (Å²) in [6.07, 6.45) is 3.09. The Morgan fingerprint density at radius 1 is 1.36 bits per heavy atom. The second-order valence-electron chi connectivity index (χ2n) is 2.70. The lowest BCUT2D eigenvalue weighted by atomic mass is 10.1. The SMILES string of the molecule is C=Cc1sc(CC)c(C)c1C. The van der Waals surface area contributed by atoms with E-state index in [0.717, 1.165) is 6.42 Å². The lowest BCUT2D eigenvalue weighted by Crippen LogP contribution is -1.78. The van der Waals surface area contributed by atoms with Crippen molar-refractivity contribution in [2.24, 2.45) is 0 Å². The summed E-state index contributed by atoms with van der Waals surface area (Å²) >= 11 is 1.87. The van der Waals surface area contributed by atoms with Crippen molar-refractivity contribution in [2.45, 2.75) is 27.2 Å². The van der Waals surface area contributed by atoms with Crippen LogP contribution in [0.4, 0.5) is 0 Å². The Balaban J connectivity index is 3.22. The van der Waals surface area contributed by atoms with Gasteiger partial charge in [-0.3, -0.25) is 0 Å². The number of hydrogen-bond acceptors (Lipinski definition) is 1. The van der Waals surface area contributed by atoms with Crippen LogP contribution in [0.15, 0.2) is 6.58 Å². The van der Waals surface area contributed by atoms with E-state index in [-0.39, 0.29) is 0 Å². The minimum absolute atomic E-state index is 1.14. The third-order valence-corrected chi connectivity index (χ3v) is 3.62. The zero-order valence-electron chi connectivity index (χ0n) is 7.40. The molecule has 60 valence electrons. The first-order valence-corrected chi connectivity index (χ1v) is 4.73. The minimum Gasteiger partial charge on any atom is -0.140 e. The van der Waals surface area contributed by atoms with Crippen LogP contribution in [0, 0.1) is 13.8 Å². The molecule has 0 saturated heterocycles. The summed E-state index contributed by atoms with van der Waals surface area (Å²) < 4.78 is 0. The van der Waals surface area contributed by atoms with Crippen LogP contribution in [0.2, 0.25) is 0 Å². The normalized spacial score (nSPS) is 10.1. The van der Waals surface area contributed by atoms with Crippen molar-refractivity contribution >= 4 is 17.4 Å². The molecule has 0 aliphatic carbocycles. The van der Waals surface area contributed by atoms with E-state index in [0.29, 0.717) is 0 Å². The van der Waals surface area contributed by atoms with E-state index in [1.165, 1.54) is 20.9 Å². The van der Waals surface area contributed by atoms with Crippen LogP contribution in [0.1, 0.15) is 27.8 Å². The standard InChI is InChI=1S/C10H14S/c1-5-9-7(3)8(4)10(6-2)11-9/h5H,1,6H2,2-4H3. The highest BCUT2D eigenvalue weighted by Gasteiger charge is 2.06. The fourth-order valence-corrected chi connectivity index (χ4v) is 2.32. The average Bonchev–Trinajstić information content (AvgIpc) is 2.30. The summed E-state index contributed by atoms with van der Waals surface area (Å²) in [7, 11) is 0. The van der Waals surface area contributed by atoms with Crippen molar-refractivity contribution in [2.75, 3.05) is 0 Å². The Kier molecular flexibility index (Phi) is 2.50. The third kappa shape index (κ3) is 1.38. The molecule has 0 aromatic carbocycles. The molecule has 0 aliphatic rings. The Bertz CT molecular complexity index is 269. The third-order valence-electron chi connectivity index (χ3n) is 2.09. The summed E-state index contributed by atoms with van der Waals surface area (Å²) in [6.45, 7) is 10.4. The zero-order valence-corrected chi connectivity index (χ0v) is 8.22. The van der Waals surface area contributed by atoms with Gasteiger partial charge in [0.1, 0.15) is 0 Å². The predicted molar refractivity (Wildman–Crippen MR) is 53.3 cm³/mol. The molecule has 0 atom stereocenters. The zero-order chi connectivity index (χ0) is 8.43. The van der Waals surface area contributed by atoms with E-state index in [4.69, 9.17) is 0 Å². The van der Waals surface area contributed by atoms with E-state index in [2.05, 4.69) is 27.4 Å². The molecule has 1 heteroatoms. The molecule has 0 N–H and O–H groups in total. The summed E-state index contributed by atoms with van der Waals surface area (Å²) in [5.41, 5.74) is 2.86. The van der Waals surface area contributed by atoms with Gasteiger partial charge < -0.3 is 0 Å². The maximum atomic E-state index is 3.79. The first-order chi connectivity index (χ1) is 5.20. The maximum Gasteiger partial charge on any atom is 0.0299 e. The molecule has 1 aromatic rings. The van der Waals surface area contributed by atoms with Crippen molar-refractivity contribution in [3.8, 4) is 0 Å². The molecule has 0 aliphatic heterocycles. The van der Waals surface area contributed by atoms with Gasteiger partial charge in [0.05, 0.1) is 0 Å². The fraction of sp³-hybridized carbons (Fsp3) is 0.400. The second kappa shape index (κ2) is 3.22. The van der Waals surface area contributed by atoms with Crippen molar-refractivity contribution in [1.29, 1.82) is 0 Å². The van der Waals surface area contributed by atoms with Crippen LogP contribution >= 0.6 is 11.3 Å². The van der Waals surface area contributed by atoms with E-state index in [1.54, 1.807) is 0 Å². The number of thiophene rings is 1. The van der Waals surface area contributed by atoms with E-state index in [1.807, 2.05) is 17.4 Å². The first kappa shape index (κ1) is 8.54. The topological polar surface area (TPSA) is 0 Å². The van der Waals surface area contributed by atoms with Crippen molar-refractivity contribution in [3.05, 3.63) is 27.5 Å². The highest BCUT2D eigenvalue weighted by Crippen LogP contribution is 2.28. The molecule has 0 spiro atoms. The molecule has 1 aromatic heterocycles. The molecule has 1 heterocycles. The Morgan fingerprint density at radius 3 is 2.27 bits per heavy atom. The average molecular weight is 166 g/mol. The largest absolute Gasteiger partial charge is 0.140 e. The predicted octanol–water partition coefficient (Wildman–Crippen LogP) is 3.57. The van der Waals surface area contributed by atoms with Crippen LogP contribution in [-0.2, 0) is 6.42 Å². The van der Waals surface area contributed by atoms with Gasteiger partial charge in [-0.25, -0.2) is 0 Å². The molecule has 0 unspecified atom stereocenters. The highest BCUT2D eigenvalue weighted by atomic mass is 32.1. The van der Waals surface area contributed by atoms with Gasteiger partial charge >= 0.3 is 0 Å². The molecular weight excluding hydrogens is 152 g/mol. The summed E-state index contributed by atoms with van der Waals surface area (Å²) in [6, 6.07) is 0. The Labute approximate surface area is 72.6 Å². The number of rotatable bonds is 2. The summed E-state index contributed by atoms with van der Waals surface area (Å²) in [5, 5.41) is 0.